The van der Waals surface area contributed by atoms with Crippen molar-refractivity contribution >= 4 is 0 Å². The van der Waals surface area contributed by atoms with Gasteiger partial charge in [-0.05, 0) is 18.4 Å². The molecule has 0 radical (unpaired) electrons. The molecule has 3 heteroatoms. The van der Waals surface area contributed by atoms with E-state index >= 15 is 0 Å². The number of unbranched alkanes of at least 4 members (excludes halogenated alkanes) is 3. The molecule has 0 aliphatic heterocycles. The quantitative estimate of drug-likeness (QED) is 0.522. The van der Waals surface area contributed by atoms with Gasteiger partial charge in [-0.25, -0.2) is 8.78 Å². The van der Waals surface area contributed by atoms with Gasteiger partial charge in [0.15, 0.2) is 0 Å². The van der Waals surface area contributed by atoms with Crippen molar-refractivity contribution in [2.24, 2.45) is 11.8 Å². The highest BCUT2D eigenvalue weighted by Crippen LogP contribution is 2.59. The van der Waals surface area contributed by atoms with Gasteiger partial charge in [-0.1, -0.05) is 62.9 Å². The van der Waals surface area contributed by atoms with Crippen molar-refractivity contribution in [3.63, 3.8) is 0 Å². The maximum absolute atomic E-state index is 13.7. The number of halogens is 2. The fourth-order valence-corrected chi connectivity index (χ4v) is 3.01. The van der Waals surface area contributed by atoms with Crippen LogP contribution < -0.4 is 0 Å². The van der Waals surface area contributed by atoms with E-state index in [0.29, 0.717) is 26.1 Å². The average molecular weight is 296 g/mol. The van der Waals surface area contributed by atoms with Gasteiger partial charge in [0.05, 0.1) is 6.61 Å². The Labute approximate surface area is 126 Å². The molecule has 1 aromatic carbocycles. The number of rotatable bonds is 10. The van der Waals surface area contributed by atoms with Gasteiger partial charge in [0.1, 0.15) is 0 Å². The Hall–Kier alpha value is -0.960. The van der Waals surface area contributed by atoms with E-state index in [0.717, 1.165) is 31.2 Å². The van der Waals surface area contributed by atoms with E-state index in [9.17, 15) is 8.78 Å². The molecule has 0 spiro atoms. The lowest BCUT2D eigenvalue weighted by Gasteiger charge is -2.03. The normalized spacial score (nSPS) is 23.2. The monoisotopic (exact) mass is 296 g/mol. The fraction of sp³-hybridized carbons (Fsp3) is 0.667. The van der Waals surface area contributed by atoms with Gasteiger partial charge in [-0.15, -0.1) is 0 Å². The predicted octanol–water partition coefficient (Wildman–Crippen LogP) is 5.45. The standard InChI is InChI=1S/C18H26F2O/c1-2-3-4-8-11-16-17(18(16,19)20)12-13-21-14-15-9-6-5-7-10-15/h5-7,9-10,16-17H,2-4,8,11-14H2,1H3. The SMILES string of the molecule is CCCCCCC1C(CCOCc2ccccc2)C1(F)F. The minimum Gasteiger partial charge on any atom is -0.377 e. The molecule has 21 heavy (non-hydrogen) atoms. The summed E-state index contributed by atoms with van der Waals surface area (Å²) in [6.45, 7) is 3.08. The fourth-order valence-electron chi connectivity index (χ4n) is 3.01. The van der Waals surface area contributed by atoms with Gasteiger partial charge < -0.3 is 4.74 Å². The largest absolute Gasteiger partial charge is 0.377 e. The zero-order valence-corrected chi connectivity index (χ0v) is 12.9. The van der Waals surface area contributed by atoms with Crippen molar-refractivity contribution < 1.29 is 13.5 Å². The lowest BCUT2D eigenvalue weighted by atomic mass is 10.1. The summed E-state index contributed by atoms with van der Waals surface area (Å²) in [6, 6.07) is 9.85. The number of benzene rings is 1. The molecule has 1 fully saturated rings. The van der Waals surface area contributed by atoms with E-state index in [1.54, 1.807) is 0 Å². The number of ether oxygens (including phenoxy) is 1. The Morgan fingerprint density at radius 3 is 2.43 bits per heavy atom. The average Bonchev–Trinajstić information content (AvgIpc) is 3.01. The first-order chi connectivity index (χ1) is 10.2. The van der Waals surface area contributed by atoms with Crippen LogP contribution in [-0.4, -0.2) is 12.5 Å². The summed E-state index contributed by atoms with van der Waals surface area (Å²) in [5.41, 5.74) is 1.09. The van der Waals surface area contributed by atoms with Gasteiger partial charge >= 0.3 is 0 Å². The second-order valence-electron chi connectivity index (χ2n) is 6.06. The zero-order valence-electron chi connectivity index (χ0n) is 12.9. The highest BCUT2D eigenvalue weighted by atomic mass is 19.3. The molecule has 2 unspecified atom stereocenters. The minimum absolute atomic E-state index is 0.394. The summed E-state index contributed by atoms with van der Waals surface area (Å²) in [4.78, 5) is 0. The van der Waals surface area contributed by atoms with E-state index in [4.69, 9.17) is 4.74 Å². The highest BCUT2D eigenvalue weighted by molar-refractivity contribution is 5.13. The van der Waals surface area contributed by atoms with Crippen molar-refractivity contribution in [3.05, 3.63) is 35.9 Å². The number of hydrogen-bond donors (Lipinski definition) is 0. The van der Waals surface area contributed by atoms with Gasteiger partial charge in [0, 0.05) is 18.4 Å². The molecule has 1 aliphatic rings. The van der Waals surface area contributed by atoms with Crippen LogP contribution in [0.1, 0.15) is 51.0 Å². The molecule has 1 saturated carbocycles. The molecular formula is C18H26F2O. The highest BCUT2D eigenvalue weighted by Gasteiger charge is 2.66. The van der Waals surface area contributed by atoms with Gasteiger partial charge in [-0.2, -0.15) is 0 Å². The molecule has 1 aromatic rings. The summed E-state index contributed by atoms with van der Waals surface area (Å²) >= 11 is 0. The van der Waals surface area contributed by atoms with Crippen LogP contribution in [0.25, 0.3) is 0 Å². The molecule has 0 amide bonds. The molecular weight excluding hydrogens is 270 g/mol. The maximum Gasteiger partial charge on any atom is 0.254 e. The molecule has 0 aromatic heterocycles. The van der Waals surface area contributed by atoms with Crippen LogP contribution in [0, 0.1) is 11.8 Å². The van der Waals surface area contributed by atoms with Crippen LogP contribution in [0.15, 0.2) is 30.3 Å². The van der Waals surface area contributed by atoms with Crippen molar-refractivity contribution in [1.82, 2.24) is 0 Å². The summed E-state index contributed by atoms with van der Waals surface area (Å²) < 4.78 is 32.9. The zero-order chi connectivity index (χ0) is 15.1. The van der Waals surface area contributed by atoms with E-state index in [1.807, 2.05) is 30.3 Å². The molecule has 0 N–H and O–H groups in total. The first-order valence-corrected chi connectivity index (χ1v) is 8.15. The van der Waals surface area contributed by atoms with Crippen molar-refractivity contribution in [2.45, 2.75) is 58.0 Å². The molecule has 2 rings (SSSR count). The maximum atomic E-state index is 13.7. The number of alkyl halides is 2. The Balaban J connectivity index is 1.60. The molecule has 0 bridgehead atoms. The lowest BCUT2D eigenvalue weighted by Crippen LogP contribution is -2.00. The summed E-state index contributed by atoms with van der Waals surface area (Å²) in [5.74, 6) is -3.29. The predicted molar refractivity (Wildman–Crippen MR) is 81.4 cm³/mol. The second-order valence-corrected chi connectivity index (χ2v) is 6.06. The summed E-state index contributed by atoms with van der Waals surface area (Å²) in [7, 11) is 0. The third kappa shape index (κ3) is 4.77. The van der Waals surface area contributed by atoms with Crippen LogP contribution in [0.3, 0.4) is 0 Å². The van der Waals surface area contributed by atoms with Crippen molar-refractivity contribution in [2.75, 3.05) is 6.61 Å². The van der Waals surface area contributed by atoms with Crippen LogP contribution in [-0.2, 0) is 11.3 Å². The molecule has 1 nitrogen and oxygen atoms in total. The third-order valence-electron chi connectivity index (χ3n) is 4.42. The van der Waals surface area contributed by atoms with Crippen LogP contribution in [0.4, 0.5) is 8.78 Å². The second kappa shape index (κ2) is 7.88. The lowest BCUT2D eigenvalue weighted by molar-refractivity contribution is 0.0665. The Morgan fingerprint density at radius 1 is 1.00 bits per heavy atom. The first kappa shape index (κ1) is 16.4. The molecule has 0 heterocycles. The Kier molecular flexibility index (Phi) is 6.16. The van der Waals surface area contributed by atoms with Crippen LogP contribution >= 0.6 is 0 Å². The summed E-state index contributed by atoms with van der Waals surface area (Å²) in [5, 5.41) is 0. The Bertz CT molecular complexity index is 405. The molecule has 2 atom stereocenters. The van der Waals surface area contributed by atoms with E-state index in [1.165, 1.54) is 0 Å². The third-order valence-corrected chi connectivity index (χ3v) is 4.42. The van der Waals surface area contributed by atoms with Crippen LogP contribution in [0.2, 0.25) is 0 Å². The van der Waals surface area contributed by atoms with Crippen molar-refractivity contribution in [3.8, 4) is 0 Å². The topological polar surface area (TPSA) is 9.23 Å². The van der Waals surface area contributed by atoms with Gasteiger partial charge in [0.2, 0.25) is 0 Å². The molecule has 118 valence electrons. The van der Waals surface area contributed by atoms with Crippen molar-refractivity contribution in [1.29, 1.82) is 0 Å². The smallest absolute Gasteiger partial charge is 0.254 e. The van der Waals surface area contributed by atoms with Crippen LogP contribution in [0.5, 0.6) is 0 Å². The van der Waals surface area contributed by atoms with E-state index in [2.05, 4.69) is 6.92 Å². The van der Waals surface area contributed by atoms with E-state index < -0.39 is 17.8 Å². The molecule has 0 saturated heterocycles. The number of hydrogen-bond acceptors (Lipinski definition) is 1. The summed E-state index contributed by atoms with van der Waals surface area (Å²) in [6.07, 6.45) is 5.49. The van der Waals surface area contributed by atoms with Gasteiger partial charge in [-0.3, -0.25) is 0 Å². The first-order valence-electron chi connectivity index (χ1n) is 8.15. The van der Waals surface area contributed by atoms with Gasteiger partial charge in [0.25, 0.3) is 5.92 Å². The minimum atomic E-state index is -2.44. The molecule has 1 aliphatic carbocycles. The Morgan fingerprint density at radius 2 is 1.71 bits per heavy atom. The van der Waals surface area contributed by atoms with E-state index in [-0.39, 0.29) is 0 Å².